The molecule has 1 N–H and O–H groups in total. The summed E-state index contributed by atoms with van der Waals surface area (Å²) in [6.45, 7) is 1.45. The normalized spacial score (nSPS) is 14.4. The maximum Gasteiger partial charge on any atom is 0.240 e. The summed E-state index contributed by atoms with van der Waals surface area (Å²) in [6.07, 6.45) is 1.02. The second-order valence-corrected chi connectivity index (χ2v) is 7.97. The molecule has 1 rings (SSSR count). The zero-order valence-corrected chi connectivity index (χ0v) is 11.6. The number of sulfone groups is 1. The molecular weight excluding hydrogens is 281 g/mol. The molecule has 0 radical (unpaired) electrons. The molecule has 102 valence electrons. The molecule has 0 spiro atoms. The van der Waals surface area contributed by atoms with Gasteiger partial charge in [-0.15, -0.1) is 0 Å². The minimum absolute atomic E-state index is 0.107. The van der Waals surface area contributed by atoms with Crippen molar-refractivity contribution in [1.29, 1.82) is 0 Å². The number of nitrogens with one attached hydrogen (secondary N) is 1. The highest BCUT2D eigenvalue weighted by Crippen LogP contribution is 2.10. The zero-order valence-electron chi connectivity index (χ0n) is 9.92. The summed E-state index contributed by atoms with van der Waals surface area (Å²) in [5.41, 5.74) is 0. The van der Waals surface area contributed by atoms with E-state index in [9.17, 15) is 21.2 Å². The lowest BCUT2D eigenvalue weighted by molar-refractivity contribution is 0.564. The Morgan fingerprint density at radius 1 is 1.17 bits per heavy atom. The van der Waals surface area contributed by atoms with Crippen LogP contribution in [0.2, 0.25) is 0 Å². The van der Waals surface area contributed by atoms with Crippen LogP contribution in [-0.4, -0.2) is 34.9 Å². The lowest BCUT2D eigenvalue weighted by atomic mass is 10.4. The van der Waals surface area contributed by atoms with Gasteiger partial charge in [0.25, 0.3) is 0 Å². The Morgan fingerprint density at radius 3 is 2.11 bits per heavy atom. The predicted octanol–water partition coefficient (Wildman–Crippen LogP) is 0.537. The summed E-state index contributed by atoms with van der Waals surface area (Å²) in [7, 11) is -7.10. The Morgan fingerprint density at radius 2 is 1.67 bits per heavy atom. The van der Waals surface area contributed by atoms with E-state index in [1.807, 2.05) is 0 Å². The highest BCUT2D eigenvalue weighted by atomic mass is 32.2. The van der Waals surface area contributed by atoms with Crippen molar-refractivity contribution in [2.24, 2.45) is 0 Å². The summed E-state index contributed by atoms with van der Waals surface area (Å²) in [5, 5.41) is 0. The van der Waals surface area contributed by atoms with Gasteiger partial charge in [-0.1, -0.05) is 0 Å². The number of sulfonamides is 1. The van der Waals surface area contributed by atoms with Gasteiger partial charge in [0.1, 0.15) is 15.7 Å². The SMILES string of the molecule is CC(CS(C)(=O)=O)NS(=O)(=O)c1ccc(F)cc1. The summed E-state index contributed by atoms with van der Waals surface area (Å²) in [4.78, 5) is -0.107. The van der Waals surface area contributed by atoms with Crippen molar-refractivity contribution in [2.45, 2.75) is 17.9 Å². The van der Waals surface area contributed by atoms with Crippen molar-refractivity contribution in [3.63, 3.8) is 0 Å². The molecule has 0 saturated heterocycles. The Kier molecular flexibility index (Phi) is 4.46. The average Bonchev–Trinajstić information content (AvgIpc) is 2.13. The van der Waals surface area contributed by atoms with Crippen molar-refractivity contribution in [3.8, 4) is 0 Å². The highest BCUT2D eigenvalue weighted by molar-refractivity contribution is 7.91. The van der Waals surface area contributed by atoms with E-state index in [2.05, 4.69) is 4.72 Å². The number of rotatable bonds is 5. The van der Waals surface area contributed by atoms with Gasteiger partial charge in [-0.3, -0.25) is 0 Å². The van der Waals surface area contributed by atoms with E-state index in [1.54, 1.807) is 0 Å². The number of hydrogen-bond donors (Lipinski definition) is 1. The molecule has 0 fully saturated rings. The fourth-order valence-corrected chi connectivity index (χ4v) is 3.78. The summed E-state index contributed by atoms with van der Waals surface area (Å²) in [6, 6.07) is 3.52. The summed E-state index contributed by atoms with van der Waals surface area (Å²) < 4.78 is 60.6. The zero-order chi connectivity index (χ0) is 14.0. The van der Waals surface area contributed by atoms with Crippen LogP contribution >= 0.6 is 0 Å². The Hall–Kier alpha value is -0.990. The molecule has 18 heavy (non-hydrogen) atoms. The van der Waals surface area contributed by atoms with Crippen molar-refractivity contribution < 1.29 is 21.2 Å². The maximum absolute atomic E-state index is 12.7. The molecule has 1 atom stereocenters. The smallest absolute Gasteiger partial charge is 0.229 e. The first kappa shape index (κ1) is 15.1. The number of benzene rings is 1. The van der Waals surface area contributed by atoms with E-state index in [4.69, 9.17) is 0 Å². The lowest BCUT2D eigenvalue weighted by Gasteiger charge is -2.13. The van der Waals surface area contributed by atoms with Crippen molar-refractivity contribution in [1.82, 2.24) is 4.72 Å². The van der Waals surface area contributed by atoms with Gasteiger partial charge in [0.15, 0.2) is 0 Å². The van der Waals surface area contributed by atoms with Gasteiger partial charge in [0.2, 0.25) is 10.0 Å². The van der Waals surface area contributed by atoms with E-state index in [1.165, 1.54) is 6.92 Å². The summed E-state index contributed by atoms with van der Waals surface area (Å²) >= 11 is 0. The molecule has 5 nitrogen and oxygen atoms in total. The van der Waals surface area contributed by atoms with Crippen LogP contribution in [0.4, 0.5) is 4.39 Å². The highest BCUT2D eigenvalue weighted by Gasteiger charge is 2.19. The molecule has 0 heterocycles. The second-order valence-electron chi connectivity index (χ2n) is 4.07. The van der Waals surface area contributed by atoms with Crippen LogP contribution in [0.25, 0.3) is 0 Å². The first-order valence-corrected chi connectivity index (χ1v) is 8.60. The molecule has 0 amide bonds. The monoisotopic (exact) mass is 295 g/mol. The largest absolute Gasteiger partial charge is 0.240 e. The van der Waals surface area contributed by atoms with Gasteiger partial charge >= 0.3 is 0 Å². The fourth-order valence-electron chi connectivity index (χ4n) is 1.43. The molecular formula is C10H14FNO4S2. The van der Waals surface area contributed by atoms with Gasteiger partial charge in [0.05, 0.1) is 10.6 Å². The Bertz CT molecular complexity index is 608. The van der Waals surface area contributed by atoms with E-state index >= 15 is 0 Å². The van der Waals surface area contributed by atoms with Gasteiger partial charge in [-0.05, 0) is 31.2 Å². The van der Waals surface area contributed by atoms with Crippen molar-refractivity contribution in [2.75, 3.05) is 12.0 Å². The molecule has 1 unspecified atom stereocenters. The minimum Gasteiger partial charge on any atom is -0.229 e. The van der Waals surface area contributed by atoms with E-state index < -0.39 is 31.7 Å². The molecule has 1 aromatic rings. The van der Waals surface area contributed by atoms with Gasteiger partial charge in [-0.2, -0.15) is 0 Å². The second kappa shape index (κ2) is 5.33. The fraction of sp³-hybridized carbons (Fsp3) is 0.400. The van der Waals surface area contributed by atoms with E-state index in [-0.39, 0.29) is 10.6 Å². The third kappa shape index (κ3) is 4.71. The van der Waals surface area contributed by atoms with Crippen LogP contribution in [-0.2, 0) is 19.9 Å². The lowest BCUT2D eigenvalue weighted by Crippen LogP contribution is -2.37. The quantitative estimate of drug-likeness (QED) is 0.859. The topological polar surface area (TPSA) is 80.3 Å². The van der Waals surface area contributed by atoms with E-state index in [0.717, 1.165) is 30.5 Å². The number of hydrogen-bond acceptors (Lipinski definition) is 4. The minimum atomic E-state index is -3.83. The molecule has 0 saturated carbocycles. The third-order valence-corrected chi connectivity index (χ3v) is 4.74. The van der Waals surface area contributed by atoms with E-state index in [0.29, 0.717) is 0 Å². The first-order chi connectivity index (χ1) is 8.10. The molecule has 0 bridgehead atoms. The first-order valence-electron chi connectivity index (χ1n) is 5.06. The molecule has 8 heteroatoms. The van der Waals surface area contributed by atoms with Gasteiger partial charge in [-0.25, -0.2) is 25.9 Å². The standard InChI is InChI=1S/C10H14FNO4S2/c1-8(7-17(2,13)14)12-18(15,16)10-5-3-9(11)4-6-10/h3-6,8,12H,7H2,1-2H3. The van der Waals surface area contributed by atoms with Gasteiger partial charge in [0, 0.05) is 12.3 Å². The Labute approximate surface area is 106 Å². The summed E-state index contributed by atoms with van der Waals surface area (Å²) in [5.74, 6) is -0.842. The molecule has 0 aliphatic carbocycles. The van der Waals surface area contributed by atoms with Gasteiger partial charge < -0.3 is 0 Å². The average molecular weight is 295 g/mol. The third-order valence-electron chi connectivity index (χ3n) is 2.03. The molecule has 0 aliphatic heterocycles. The maximum atomic E-state index is 12.7. The van der Waals surface area contributed by atoms with Crippen LogP contribution in [0, 0.1) is 5.82 Å². The predicted molar refractivity (Wildman–Crippen MR) is 65.9 cm³/mol. The molecule has 0 aliphatic rings. The van der Waals surface area contributed by atoms with Crippen LogP contribution in [0.1, 0.15) is 6.92 Å². The Balaban J connectivity index is 2.86. The van der Waals surface area contributed by atoms with Crippen LogP contribution < -0.4 is 4.72 Å². The molecule has 0 aromatic heterocycles. The molecule has 1 aromatic carbocycles. The van der Waals surface area contributed by atoms with Crippen molar-refractivity contribution >= 4 is 19.9 Å². The van der Waals surface area contributed by atoms with Crippen molar-refractivity contribution in [3.05, 3.63) is 30.1 Å². The van der Waals surface area contributed by atoms with Crippen LogP contribution in [0.15, 0.2) is 29.2 Å². The van der Waals surface area contributed by atoms with Crippen LogP contribution in [0.3, 0.4) is 0 Å². The number of halogens is 1. The van der Waals surface area contributed by atoms with Crippen LogP contribution in [0.5, 0.6) is 0 Å².